The molecule has 1 aromatic carbocycles. The fraction of sp³-hybridized carbons (Fsp3) is 0.533. The van der Waals surface area contributed by atoms with E-state index in [1.807, 2.05) is 6.92 Å². The molecule has 1 saturated carbocycles. The maximum Gasteiger partial charge on any atom is 0.419 e. The normalized spacial score (nSPS) is 16.7. The van der Waals surface area contributed by atoms with E-state index >= 15 is 0 Å². The molecular weight excluding hydrogens is 286 g/mol. The highest BCUT2D eigenvalue weighted by Crippen LogP contribution is 2.48. The molecule has 116 valence electrons. The molecule has 0 radical (unpaired) electrons. The number of carbonyl (C=O) groups is 1. The third-order valence-electron chi connectivity index (χ3n) is 3.87. The van der Waals surface area contributed by atoms with E-state index in [0.717, 1.165) is 18.9 Å². The van der Waals surface area contributed by atoms with E-state index in [9.17, 15) is 22.4 Å². The summed E-state index contributed by atoms with van der Waals surface area (Å²) in [6.07, 6.45) is -2.25. The Morgan fingerprint density at radius 1 is 1.33 bits per heavy atom. The number of amides is 1. The molecule has 0 atom stereocenters. The highest BCUT2D eigenvalue weighted by Gasteiger charge is 2.39. The minimum absolute atomic E-state index is 0.0662. The van der Waals surface area contributed by atoms with Crippen LogP contribution in [0.5, 0.6) is 0 Å². The fourth-order valence-corrected chi connectivity index (χ4v) is 2.14. The number of hydrogen-bond acceptors (Lipinski definition) is 1. The molecule has 0 heterocycles. The molecule has 1 aromatic rings. The van der Waals surface area contributed by atoms with Crippen molar-refractivity contribution in [3.63, 3.8) is 0 Å². The van der Waals surface area contributed by atoms with Gasteiger partial charge in [0.15, 0.2) is 0 Å². The summed E-state index contributed by atoms with van der Waals surface area (Å²) in [5, 5.41) is 0. The molecule has 0 saturated heterocycles. The Labute approximate surface area is 120 Å². The van der Waals surface area contributed by atoms with Crippen molar-refractivity contribution < 1.29 is 22.4 Å². The molecule has 6 heteroatoms. The summed E-state index contributed by atoms with van der Waals surface area (Å²) in [7, 11) is 1.57. The first-order chi connectivity index (χ1) is 9.61. The number of carbonyl (C=O) groups excluding carboxylic acids is 1. The number of hydrogen-bond donors (Lipinski definition) is 0. The zero-order valence-corrected chi connectivity index (χ0v) is 11.9. The second-order valence-electron chi connectivity index (χ2n) is 6.05. The molecule has 0 bridgehead atoms. The first-order valence-electron chi connectivity index (χ1n) is 6.70. The van der Waals surface area contributed by atoms with Gasteiger partial charge in [-0.2, -0.15) is 13.2 Å². The van der Waals surface area contributed by atoms with Gasteiger partial charge in [-0.25, -0.2) is 4.39 Å². The van der Waals surface area contributed by atoms with Crippen molar-refractivity contribution in [2.75, 3.05) is 7.05 Å². The largest absolute Gasteiger partial charge is 0.419 e. The number of rotatable bonds is 4. The Bertz CT molecular complexity index is 549. The summed E-state index contributed by atoms with van der Waals surface area (Å²) in [6, 6.07) is 2.76. The Morgan fingerprint density at radius 3 is 2.43 bits per heavy atom. The fourth-order valence-electron chi connectivity index (χ4n) is 2.14. The van der Waals surface area contributed by atoms with Crippen LogP contribution < -0.4 is 0 Å². The van der Waals surface area contributed by atoms with Gasteiger partial charge in [0.2, 0.25) is 5.91 Å². The Balaban J connectivity index is 2.02. The molecule has 1 aliphatic carbocycles. The number of nitrogens with zero attached hydrogens (tertiary/aromatic N) is 1. The van der Waals surface area contributed by atoms with Crippen LogP contribution in [0.15, 0.2) is 18.2 Å². The first kappa shape index (κ1) is 15.8. The van der Waals surface area contributed by atoms with Gasteiger partial charge < -0.3 is 4.90 Å². The zero-order valence-electron chi connectivity index (χ0n) is 11.9. The van der Waals surface area contributed by atoms with Crippen molar-refractivity contribution in [1.29, 1.82) is 0 Å². The molecule has 0 spiro atoms. The summed E-state index contributed by atoms with van der Waals surface area (Å²) in [5.41, 5.74) is -0.875. The maximum atomic E-state index is 13.5. The molecule has 0 aromatic heterocycles. The highest BCUT2D eigenvalue weighted by atomic mass is 19.4. The number of alkyl halides is 3. The third kappa shape index (κ3) is 3.95. The lowest BCUT2D eigenvalue weighted by Crippen LogP contribution is -2.28. The molecule has 0 aliphatic heterocycles. The predicted octanol–water partition coefficient (Wildman–Crippen LogP) is 3.99. The van der Waals surface area contributed by atoms with Crippen LogP contribution in [0.2, 0.25) is 0 Å². The second-order valence-corrected chi connectivity index (χ2v) is 6.05. The van der Waals surface area contributed by atoms with Gasteiger partial charge in [-0.15, -0.1) is 0 Å². The van der Waals surface area contributed by atoms with Gasteiger partial charge >= 0.3 is 6.18 Å². The van der Waals surface area contributed by atoms with Crippen molar-refractivity contribution in [3.8, 4) is 0 Å². The molecule has 1 amide bonds. The molecule has 2 rings (SSSR count). The molecule has 1 fully saturated rings. The standard InChI is InChI=1S/C15H17F4NO/c1-14(5-6-14)8-13(21)20(2)9-10-3-4-11(12(16)7-10)15(17,18)19/h3-4,7H,5-6,8-9H2,1-2H3. The maximum absolute atomic E-state index is 13.5. The highest BCUT2D eigenvalue weighted by molar-refractivity contribution is 5.77. The van der Waals surface area contributed by atoms with E-state index in [2.05, 4.69) is 0 Å². The quantitative estimate of drug-likeness (QED) is 0.770. The van der Waals surface area contributed by atoms with Gasteiger partial charge in [0.1, 0.15) is 5.82 Å². The third-order valence-corrected chi connectivity index (χ3v) is 3.87. The molecule has 0 unspecified atom stereocenters. The van der Waals surface area contributed by atoms with E-state index < -0.39 is 17.6 Å². The Kier molecular flexibility index (Phi) is 4.00. The van der Waals surface area contributed by atoms with E-state index in [4.69, 9.17) is 0 Å². The van der Waals surface area contributed by atoms with Crippen LogP contribution in [-0.4, -0.2) is 17.9 Å². The number of halogens is 4. The summed E-state index contributed by atoms with van der Waals surface area (Å²) >= 11 is 0. The van der Waals surface area contributed by atoms with Gasteiger partial charge in [-0.05, 0) is 36.0 Å². The van der Waals surface area contributed by atoms with Crippen LogP contribution in [0.1, 0.15) is 37.3 Å². The average molecular weight is 303 g/mol. The van der Waals surface area contributed by atoms with Crippen LogP contribution >= 0.6 is 0 Å². The monoisotopic (exact) mass is 303 g/mol. The number of benzene rings is 1. The van der Waals surface area contributed by atoms with Crippen LogP contribution in [0, 0.1) is 11.2 Å². The van der Waals surface area contributed by atoms with Gasteiger partial charge in [0, 0.05) is 20.0 Å². The summed E-state index contributed by atoms with van der Waals surface area (Å²) in [4.78, 5) is 13.4. The van der Waals surface area contributed by atoms with Gasteiger partial charge in [-0.3, -0.25) is 4.79 Å². The van der Waals surface area contributed by atoms with Crippen LogP contribution in [-0.2, 0) is 17.5 Å². The SMILES string of the molecule is CN(Cc1ccc(C(F)(F)F)c(F)c1)C(=O)CC1(C)CC1. The van der Waals surface area contributed by atoms with Crippen LogP contribution in [0.4, 0.5) is 17.6 Å². The molecule has 0 N–H and O–H groups in total. The van der Waals surface area contributed by atoms with Crippen molar-refractivity contribution in [1.82, 2.24) is 4.90 Å². The average Bonchev–Trinajstić information content (AvgIpc) is 3.05. The smallest absolute Gasteiger partial charge is 0.341 e. The van der Waals surface area contributed by atoms with Crippen molar-refractivity contribution in [2.45, 2.75) is 38.9 Å². The summed E-state index contributed by atoms with van der Waals surface area (Å²) in [5.74, 6) is -1.38. The van der Waals surface area contributed by atoms with Crippen molar-refractivity contribution in [2.24, 2.45) is 5.41 Å². The van der Waals surface area contributed by atoms with Crippen LogP contribution in [0.3, 0.4) is 0 Å². The van der Waals surface area contributed by atoms with Gasteiger partial charge in [0.25, 0.3) is 0 Å². The topological polar surface area (TPSA) is 20.3 Å². The summed E-state index contributed by atoms with van der Waals surface area (Å²) in [6.45, 7) is 2.13. The first-order valence-corrected chi connectivity index (χ1v) is 6.70. The van der Waals surface area contributed by atoms with Gasteiger partial charge in [-0.1, -0.05) is 13.0 Å². The van der Waals surface area contributed by atoms with E-state index in [1.54, 1.807) is 7.05 Å². The molecule has 21 heavy (non-hydrogen) atoms. The lowest BCUT2D eigenvalue weighted by molar-refractivity contribution is -0.140. The Morgan fingerprint density at radius 2 is 1.95 bits per heavy atom. The zero-order chi connectivity index (χ0) is 15.8. The molecular formula is C15H17F4NO. The van der Waals surface area contributed by atoms with Crippen LogP contribution in [0.25, 0.3) is 0 Å². The van der Waals surface area contributed by atoms with E-state index in [-0.39, 0.29) is 17.9 Å². The molecule has 2 nitrogen and oxygen atoms in total. The second kappa shape index (κ2) is 5.31. The lowest BCUT2D eigenvalue weighted by atomic mass is 10.0. The van der Waals surface area contributed by atoms with Crippen molar-refractivity contribution in [3.05, 3.63) is 35.1 Å². The minimum atomic E-state index is -4.70. The lowest BCUT2D eigenvalue weighted by Gasteiger charge is -2.20. The molecule has 1 aliphatic rings. The van der Waals surface area contributed by atoms with E-state index in [1.165, 1.54) is 11.0 Å². The summed E-state index contributed by atoms with van der Waals surface area (Å²) < 4.78 is 50.8. The van der Waals surface area contributed by atoms with E-state index in [0.29, 0.717) is 18.1 Å². The van der Waals surface area contributed by atoms with Gasteiger partial charge in [0.05, 0.1) is 5.56 Å². The predicted molar refractivity (Wildman–Crippen MR) is 69.8 cm³/mol. The van der Waals surface area contributed by atoms with Crippen molar-refractivity contribution >= 4 is 5.91 Å². The minimum Gasteiger partial charge on any atom is -0.341 e. The Hall–Kier alpha value is -1.59.